The molecule has 1 saturated carbocycles. The molecule has 1 saturated heterocycles. The van der Waals surface area contributed by atoms with Crippen LogP contribution in [0.3, 0.4) is 0 Å². The second-order valence-corrected chi connectivity index (χ2v) is 6.54. The van der Waals surface area contributed by atoms with Crippen molar-refractivity contribution in [1.29, 1.82) is 0 Å². The molecule has 3 N–H and O–H groups in total. The molecule has 0 bridgehead atoms. The predicted octanol–water partition coefficient (Wildman–Crippen LogP) is 1.09. The number of hydrogen-bond acceptors (Lipinski definition) is 3. The van der Waals surface area contributed by atoms with Gasteiger partial charge < -0.3 is 20.9 Å². The Kier molecular flexibility index (Phi) is 10.1. The topological polar surface area (TPSA) is 85.8 Å². The zero-order valence-corrected chi connectivity index (χ0v) is 17.7. The molecule has 2 aliphatic rings. The lowest BCUT2D eigenvalue weighted by molar-refractivity contribution is -0.134. The molecule has 2 amide bonds. The van der Waals surface area contributed by atoms with Crippen molar-refractivity contribution in [3.63, 3.8) is 0 Å². The summed E-state index contributed by atoms with van der Waals surface area (Å²) in [5.74, 6) is 1.12. The van der Waals surface area contributed by atoms with E-state index in [-0.39, 0.29) is 48.4 Å². The zero-order valence-electron chi connectivity index (χ0n) is 15.3. The maximum absolute atomic E-state index is 12.5. The van der Waals surface area contributed by atoms with Crippen LogP contribution in [0, 0.1) is 5.92 Å². The highest BCUT2D eigenvalue weighted by atomic mass is 127. The number of carbonyl (C=O) groups excluding carboxylic acids is 2. The fraction of sp³-hybridized carbons (Fsp3) is 0.824. The van der Waals surface area contributed by atoms with Gasteiger partial charge in [-0.15, -0.1) is 24.0 Å². The summed E-state index contributed by atoms with van der Waals surface area (Å²) in [6.07, 6.45) is 5.38. The van der Waals surface area contributed by atoms with Crippen molar-refractivity contribution in [2.24, 2.45) is 10.9 Å². The fourth-order valence-corrected chi connectivity index (χ4v) is 3.43. The van der Waals surface area contributed by atoms with Crippen LogP contribution in [0.25, 0.3) is 0 Å². The van der Waals surface area contributed by atoms with Gasteiger partial charge in [0.05, 0.1) is 0 Å². The van der Waals surface area contributed by atoms with Crippen LogP contribution in [0.15, 0.2) is 4.99 Å². The summed E-state index contributed by atoms with van der Waals surface area (Å²) < 4.78 is 0. The summed E-state index contributed by atoms with van der Waals surface area (Å²) in [6.45, 7) is 6.87. The largest absolute Gasteiger partial charge is 0.357 e. The van der Waals surface area contributed by atoms with Gasteiger partial charge in [0.1, 0.15) is 6.54 Å². The van der Waals surface area contributed by atoms with Crippen LogP contribution in [0.5, 0.6) is 0 Å². The predicted molar refractivity (Wildman–Crippen MR) is 110 cm³/mol. The second kappa shape index (κ2) is 11.5. The number of amides is 2. The van der Waals surface area contributed by atoms with Crippen molar-refractivity contribution in [3.05, 3.63) is 0 Å². The highest BCUT2D eigenvalue weighted by molar-refractivity contribution is 14.0. The number of hydrogen-bond donors (Lipinski definition) is 3. The highest BCUT2D eigenvalue weighted by Gasteiger charge is 2.32. The van der Waals surface area contributed by atoms with Gasteiger partial charge in [-0.1, -0.05) is 12.8 Å². The van der Waals surface area contributed by atoms with E-state index in [0.29, 0.717) is 18.4 Å². The van der Waals surface area contributed by atoms with E-state index in [1.54, 1.807) is 0 Å². The second-order valence-electron chi connectivity index (χ2n) is 6.54. The lowest BCUT2D eigenvalue weighted by Crippen LogP contribution is -2.46. The Morgan fingerprint density at radius 3 is 2.40 bits per heavy atom. The summed E-state index contributed by atoms with van der Waals surface area (Å²) >= 11 is 0. The SMILES string of the molecule is CCNC(=O)CN=C(NCC)NC1CCN(C(=O)C2CCCC2)C1.I. The summed E-state index contributed by atoms with van der Waals surface area (Å²) in [7, 11) is 0. The Hall–Kier alpha value is -1.06. The van der Waals surface area contributed by atoms with Gasteiger partial charge in [0, 0.05) is 38.1 Å². The first-order valence-electron chi connectivity index (χ1n) is 9.24. The van der Waals surface area contributed by atoms with Crippen molar-refractivity contribution >= 4 is 41.8 Å². The zero-order chi connectivity index (χ0) is 17.4. The number of nitrogens with zero attached hydrogens (tertiary/aromatic N) is 2. The van der Waals surface area contributed by atoms with E-state index in [4.69, 9.17) is 0 Å². The summed E-state index contributed by atoms with van der Waals surface area (Å²) in [5.41, 5.74) is 0. The van der Waals surface area contributed by atoms with Gasteiger partial charge in [-0.3, -0.25) is 9.59 Å². The maximum atomic E-state index is 12.5. The van der Waals surface area contributed by atoms with Crippen molar-refractivity contribution in [3.8, 4) is 0 Å². The molecule has 1 aliphatic heterocycles. The smallest absolute Gasteiger partial charge is 0.241 e. The number of guanidine groups is 1. The molecular formula is C17H32IN5O2. The third kappa shape index (κ3) is 6.99. The van der Waals surface area contributed by atoms with Crippen LogP contribution in [0.2, 0.25) is 0 Å². The van der Waals surface area contributed by atoms with Gasteiger partial charge >= 0.3 is 0 Å². The average Bonchev–Trinajstić information content (AvgIpc) is 3.24. The van der Waals surface area contributed by atoms with Crippen molar-refractivity contribution in [2.45, 2.75) is 52.0 Å². The first kappa shape index (κ1) is 22.0. The maximum Gasteiger partial charge on any atom is 0.241 e. The van der Waals surface area contributed by atoms with Gasteiger partial charge in [-0.2, -0.15) is 0 Å². The first-order chi connectivity index (χ1) is 11.6. The minimum absolute atomic E-state index is 0. The third-order valence-electron chi connectivity index (χ3n) is 4.64. The van der Waals surface area contributed by atoms with Crippen molar-refractivity contribution < 1.29 is 9.59 Å². The van der Waals surface area contributed by atoms with Crippen LogP contribution in [0.1, 0.15) is 46.0 Å². The van der Waals surface area contributed by atoms with Crippen LogP contribution >= 0.6 is 24.0 Å². The Bertz CT molecular complexity index is 466. The molecule has 25 heavy (non-hydrogen) atoms. The standard InChI is InChI=1S/C17H31N5O2.HI/c1-3-18-15(23)11-20-17(19-4-2)21-14-9-10-22(12-14)16(24)13-7-5-6-8-13;/h13-14H,3-12H2,1-2H3,(H,18,23)(H2,19,20,21);1H. The molecule has 0 aromatic heterocycles. The van der Waals surface area contributed by atoms with E-state index >= 15 is 0 Å². The summed E-state index contributed by atoms with van der Waals surface area (Å²) in [4.78, 5) is 30.4. The van der Waals surface area contributed by atoms with E-state index in [1.165, 1.54) is 12.8 Å². The Morgan fingerprint density at radius 2 is 1.76 bits per heavy atom. The lowest BCUT2D eigenvalue weighted by atomic mass is 10.1. The monoisotopic (exact) mass is 465 g/mol. The number of rotatable bonds is 6. The van der Waals surface area contributed by atoms with Crippen LogP contribution in [-0.2, 0) is 9.59 Å². The van der Waals surface area contributed by atoms with E-state index in [2.05, 4.69) is 20.9 Å². The molecule has 144 valence electrons. The molecule has 7 nitrogen and oxygen atoms in total. The normalized spacial score (nSPS) is 21.0. The molecular weight excluding hydrogens is 433 g/mol. The number of carbonyl (C=O) groups is 2. The molecule has 1 heterocycles. The molecule has 2 fully saturated rings. The van der Waals surface area contributed by atoms with Crippen LogP contribution in [0.4, 0.5) is 0 Å². The Labute approximate surface area is 167 Å². The lowest BCUT2D eigenvalue weighted by Gasteiger charge is -2.21. The van der Waals surface area contributed by atoms with Gasteiger partial charge in [-0.05, 0) is 33.1 Å². The van der Waals surface area contributed by atoms with Crippen molar-refractivity contribution in [2.75, 3.05) is 32.7 Å². The van der Waals surface area contributed by atoms with Crippen molar-refractivity contribution in [1.82, 2.24) is 20.9 Å². The molecule has 1 aliphatic carbocycles. The van der Waals surface area contributed by atoms with Gasteiger partial charge in [0.15, 0.2) is 5.96 Å². The van der Waals surface area contributed by atoms with E-state index in [0.717, 1.165) is 38.9 Å². The highest BCUT2D eigenvalue weighted by Crippen LogP contribution is 2.27. The van der Waals surface area contributed by atoms with Crippen LogP contribution < -0.4 is 16.0 Å². The first-order valence-corrected chi connectivity index (χ1v) is 9.24. The minimum atomic E-state index is -0.0841. The van der Waals surface area contributed by atoms with Gasteiger partial charge in [0.25, 0.3) is 0 Å². The quantitative estimate of drug-likeness (QED) is 0.312. The van der Waals surface area contributed by atoms with Gasteiger partial charge in [0.2, 0.25) is 11.8 Å². The number of nitrogens with one attached hydrogen (secondary N) is 3. The molecule has 8 heteroatoms. The molecule has 1 atom stereocenters. The van der Waals surface area contributed by atoms with E-state index in [9.17, 15) is 9.59 Å². The minimum Gasteiger partial charge on any atom is -0.357 e. The third-order valence-corrected chi connectivity index (χ3v) is 4.64. The van der Waals surface area contributed by atoms with E-state index in [1.807, 2.05) is 18.7 Å². The molecule has 2 rings (SSSR count). The molecule has 1 unspecified atom stereocenters. The number of likely N-dealkylation sites (N-methyl/N-ethyl adjacent to an activating group) is 1. The Morgan fingerprint density at radius 1 is 1.08 bits per heavy atom. The molecule has 0 aromatic rings. The number of likely N-dealkylation sites (tertiary alicyclic amines) is 1. The molecule has 0 radical (unpaired) electrons. The summed E-state index contributed by atoms with van der Waals surface area (Å²) in [5, 5.41) is 9.25. The fourth-order valence-electron chi connectivity index (χ4n) is 3.43. The molecule has 0 spiro atoms. The molecule has 0 aromatic carbocycles. The Balaban J connectivity index is 0.00000312. The van der Waals surface area contributed by atoms with Crippen LogP contribution in [-0.4, -0.2) is 61.4 Å². The average molecular weight is 465 g/mol. The number of aliphatic imine (C=N–C) groups is 1. The number of halogens is 1. The van der Waals surface area contributed by atoms with Gasteiger partial charge in [-0.25, -0.2) is 4.99 Å². The van der Waals surface area contributed by atoms with E-state index < -0.39 is 0 Å². The summed E-state index contributed by atoms with van der Waals surface area (Å²) in [6, 6.07) is 0.197.